The number of aromatic nitrogens is 1. The largest absolute Gasteiger partial charge is 0.335 e. The van der Waals surface area contributed by atoms with Crippen LogP contribution in [0.25, 0.3) is 0 Å². The molecular formula is C22H27N3O. The van der Waals surface area contributed by atoms with Gasteiger partial charge in [-0.05, 0) is 62.0 Å². The summed E-state index contributed by atoms with van der Waals surface area (Å²) in [7, 11) is 0. The number of likely N-dealkylation sites (tertiary alicyclic amines) is 2. The molecule has 2 fully saturated rings. The van der Waals surface area contributed by atoms with Crippen LogP contribution in [0.15, 0.2) is 54.9 Å². The van der Waals surface area contributed by atoms with E-state index in [2.05, 4.69) is 57.2 Å². The molecule has 0 aliphatic carbocycles. The first-order valence-corrected chi connectivity index (χ1v) is 9.78. The lowest BCUT2D eigenvalue weighted by molar-refractivity contribution is -0.138. The van der Waals surface area contributed by atoms with Crippen molar-refractivity contribution >= 4 is 5.91 Å². The molecule has 1 atom stereocenters. The Balaban J connectivity index is 1.34. The highest BCUT2D eigenvalue weighted by molar-refractivity contribution is 5.79. The molecule has 3 heterocycles. The van der Waals surface area contributed by atoms with E-state index < -0.39 is 0 Å². The van der Waals surface area contributed by atoms with E-state index >= 15 is 0 Å². The first-order chi connectivity index (χ1) is 12.8. The molecule has 0 bridgehead atoms. The van der Waals surface area contributed by atoms with E-state index in [1.807, 2.05) is 12.4 Å². The lowest BCUT2D eigenvalue weighted by atomic mass is 9.94. The van der Waals surface area contributed by atoms with Crippen LogP contribution in [0.3, 0.4) is 0 Å². The summed E-state index contributed by atoms with van der Waals surface area (Å²) in [6.45, 7) is 3.92. The second-order valence-corrected chi connectivity index (χ2v) is 7.51. The topological polar surface area (TPSA) is 36.4 Å². The van der Waals surface area contributed by atoms with Crippen LogP contribution < -0.4 is 0 Å². The Kier molecular flexibility index (Phi) is 5.30. The van der Waals surface area contributed by atoms with Crippen LogP contribution >= 0.6 is 0 Å². The van der Waals surface area contributed by atoms with Gasteiger partial charge in [0, 0.05) is 31.4 Å². The zero-order chi connectivity index (χ0) is 17.8. The van der Waals surface area contributed by atoms with Gasteiger partial charge in [-0.2, -0.15) is 0 Å². The van der Waals surface area contributed by atoms with Crippen LogP contribution in [0.4, 0.5) is 0 Å². The Labute approximate surface area is 155 Å². The lowest BCUT2D eigenvalue weighted by Gasteiger charge is -2.35. The van der Waals surface area contributed by atoms with Crippen molar-refractivity contribution in [2.24, 2.45) is 5.92 Å². The second-order valence-electron chi connectivity index (χ2n) is 7.51. The molecule has 4 rings (SSSR count). The minimum atomic E-state index is 0.185. The third-order valence-electron chi connectivity index (χ3n) is 5.81. The SMILES string of the molecule is O=C(C1CCN(Cc2ccccc2)CC1)N1CCC[C@@H]1c1ccncc1. The molecule has 0 N–H and O–H groups in total. The third-order valence-corrected chi connectivity index (χ3v) is 5.81. The molecule has 2 aliphatic rings. The summed E-state index contributed by atoms with van der Waals surface area (Å²) in [5, 5.41) is 0. The number of hydrogen-bond donors (Lipinski definition) is 0. The van der Waals surface area contributed by atoms with Gasteiger partial charge in [0.05, 0.1) is 6.04 Å². The van der Waals surface area contributed by atoms with Crippen molar-refractivity contribution < 1.29 is 4.79 Å². The van der Waals surface area contributed by atoms with E-state index in [1.165, 1.54) is 11.1 Å². The fourth-order valence-electron chi connectivity index (χ4n) is 4.38. The van der Waals surface area contributed by atoms with Gasteiger partial charge in [0.15, 0.2) is 0 Å². The summed E-state index contributed by atoms with van der Waals surface area (Å²) in [4.78, 5) is 21.9. The van der Waals surface area contributed by atoms with E-state index in [0.29, 0.717) is 5.91 Å². The van der Waals surface area contributed by atoms with Crippen LogP contribution in [0, 0.1) is 5.92 Å². The van der Waals surface area contributed by atoms with Gasteiger partial charge in [-0.3, -0.25) is 14.7 Å². The molecule has 26 heavy (non-hydrogen) atoms. The van der Waals surface area contributed by atoms with Crippen LogP contribution in [0.5, 0.6) is 0 Å². The summed E-state index contributed by atoms with van der Waals surface area (Å²) < 4.78 is 0. The molecule has 0 unspecified atom stereocenters. The van der Waals surface area contributed by atoms with Gasteiger partial charge in [-0.15, -0.1) is 0 Å². The number of rotatable bonds is 4. The van der Waals surface area contributed by atoms with Gasteiger partial charge in [-0.1, -0.05) is 30.3 Å². The zero-order valence-corrected chi connectivity index (χ0v) is 15.3. The number of benzene rings is 1. The summed E-state index contributed by atoms with van der Waals surface area (Å²) in [5.41, 5.74) is 2.59. The number of hydrogen-bond acceptors (Lipinski definition) is 3. The normalized spacial score (nSPS) is 21.8. The molecule has 0 radical (unpaired) electrons. The van der Waals surface area contributed by atoms with E-state index in [4.69, 9.17) is 0 Å². The maximum Gasteiger partial charge on any atom is 0.226 e. The predicted octanol–water partition coefficient (Wildman–Crippen LogP) is 3.66. The summed E-state index contributed by atoms with van der Waals surface area (Å²) in [5.74, 6) is 0.549. The maximum atomic E-state index is 13.1. The maximum absolute atomic E-state index is 13.1. The van der Waals surface area contributed by atoms with Crippen molar-refractivity contribution in [1.29, 1.82) is 0 Å². The van der Waals surface area contributed by atoms with Gasteiger partial charge in [-0.25, -0.2) is 0 Å². The molecule has 0 spiro atoms. The molecule has 1 amide bonds. The summed E-state index contributed by atoms with van der Waals surface area (Å²) in [6, 6.07) is 15.0. The van der Waals surface area contributed by atoms with E-state index in [0.717, 1.165) is 51.9 Å². The van der Waals surface area contributed by atoms with E-state index in [1.54, 1.807) is 0 Å². The van der Waals surface area contributed by atoms with Gasteiger partial charge in [0.25, 0.3) is 0 Å². The molecule has 0 saturated carbocycles. The Bertz CT molecular complexity index is 711. The summed E-state index contributed by atoms with van der Waals surface area (Å²) in [6.07, 6.45) is 7.79. The predicted molar refractivity (Wildman–Crippen MR) is 102 cm³/mol. The number of carbonyl (C=O) groups is 1. The van der Waals surface area contributed by atoms with Gasteiger partial charge >= 0.3 is 0 Å². The third kappa shape index (κ3) is 3.80. The Morgan fingerprint density at radius 3 is 2.42 bits per heavy atom. The van der Waals surface area contributed by atoms with Crippen molar-refractivity contribution in [3.05, 3.63) is 66.0 Å². The highest BCUT2D eigenvalue weighted by Crippen LogP contribution is 2.34. The molecule has 4 nitrogen and oxygen atoms in total. The first-order valence-electron chi connectivity index (χ1n) is 9.78. The number of piperidine rings is 1. The average molecular weight is 349 g/mol. The van der Waals surface area contributed by atoms with Crippen molar-refractivity contribution in [3.8, 4) is 0 Å². The Morgan fingerprint density at radius 2 is 1.69 bits per heavy atom. The zero-order valence-electron chi connectivity index (χ0n) is 15.3. The van der Waals surface area contributed by atoms with Crippen molar-refractivity contribution in [2.75, 3.05) is 19.6 Å². The average Bonchev–Trinajstić information content (AvgIpc) is 3.19. The Hall–Kier alpha value is -2.20. The first kappa shape index (κ1) is 17.2. The van der Waals surface area contributed by atoms with Crippen molar-refractivity contribution in [1.82, 2.24) is 14.8 Å². The van der Waals surface area contributed by atoms with E-state index in [-0.39, 0.29) is 12.0 Å². The van der Waals surface area contributed by atoms with Crippen LogP contribution in [0.1, 0.15) is 42.9 Å². The number of amides is 1. The highest BCUT2D eigenvalue weighted by atomic mass is 16.2. The van der Waals surface area contributed by atoms with Crippen molar-refractivity contribution in [3.63, 3.8) is 0 Å². The van der Waals surface area contributed by atoms with Crippen LogP contribution in [-0.4, -0.2) is 40.3 Å². The molecule has 2 aromatic rings. The van der Waals surface area contributed by atoms with E-state index in [9.17, 15) is 4.79 Å². The lowest BCUT2D eigenvalue weighted by Crippen LogP contribution is -2.42. The van der Waals surface area contributed by atoms with Gasteiger partial charge in [0.2, 0.25) is 5.91 Å². The fraction of sp³-hybridized carbons (Fsp3) is 0.455. The number of pyridine rings is 1. The van der Waals surface area contributed by atoms with Gasteiger partial charge in [0.1, 0.15) is 0 Å². The molecular weight excluding hydrogens is 322 g/mol. The molecule has 4 heteroatoms. The van der Waals surface area contributed by atoms with Gasteiger partial charge < -0.3 is 4.90 Å². The smallest absolute Gasteiger partial charge is 0.226 e. The van der Waals surface area contributed by atoms with Crippen LogP contribution in [0.2, 0.25) is 0 Å². The Morgan fingerprint density at radius 1 is 0.962 bits per heavy atom. The molecule has 1 aromatic heterocycles. The standard InChI is InChI=1S/C22H27N3O/c26-22(25-14-4-7-21(25)19-8-12-23-13-9-19)20-10-15-24(16-11-20)17-18-5-2-1-3-6-18/h1-3,5-6,8-9,12-13,20-21H,4,7,10-11,14-17H2/t21-/m1/s1. The fourth-order valence-corrected chi connectivity index (χ4v) is 4.38. The minimum Gasteiger partial charge on any atom is -0.335 e. The molecule has 2 aliphatic heterocycles. The second kappa shape index (κ2) is 8.00. The number of carbonyl (C=O) groups excluding carboxylic acids is 1. The summed E-state index contributed by atoms with van der Waals surface area (Å²) >= 11 is 0. The molecule has 136 valence electrons. The highest BCUT2D eigenvalue weighted by Gasteiger charge is 2.35. The molecule has 1 aromatic carbocycles. The number of nitrogens with zero attached hydrogens (tertiary/aromatic N) is 3. The van der Waals surface area contributed by atoms with Crippen LogP contribution in [-0.2, 0) is 11.3 Å². The molecule has 2 saturated heterocycles. The minimum absolute atomic E-state index is 0.185. The quantitative estimate of drug-likeness (QED) is 0.845. The monoisotopic (exact) mass is 349 g/mol. The van der Waals surface area contributed by atoms with Crippen molar-refractivity contribution in [2.45, 2.75) is 38.3 Å².